The summed E-state index contributed by atoms with van der Waals surface area (Å²) in [5, 5.41) is 4.14. The quantitative estimate of drug-likeness (QED) is 0.880. The second-order valence-electron chi connectivity index (χ2n) is 4.93. The van der Waals surface area contributed by atoms with Crippen LogP contribution in [0.3, 0.4) is 0 Å². The van der Waals surface area contributed by atoms with E-state index in [1.165, 1.54) is 18.4 Å². The maximum Gasteiger partial charge on any atom is 0.0310 e. The van der Waals surface area contributed by atoms with Crippen LogP contribution in [0.5, 0.6) is 0 Å². The fourth-order valence-electron chi connectivity index (χ4n) is 2.39. The Balaban J connectivity index is 1.72. The van der Waals surface area contributed by atoms with Crippen molar-refractivity contribution in [3.8, 4) is 0 Å². The number of nitrogens with one attached hydrogen (secondary N) is 1. The van der Waals surface area contributed by atoms with Gasteiger partial charge in [0.1, 0.15) is 0 Å². The van der Waals surface area contributed by atoms with Gasteiger partial charge in [0.2, 0.25) is 0 Å². The van der Waals surface area contributed by atoms with E-state index in [0.29, 0.717) is 11.1 Å². The predicted molar refractivity (Wildman–Crippen MR) is 77.7 cm³/mol. The van der Waals surface area contributed by atoms with Gasteiger partial charge < -0.3 is 5.32 Å². The molecule has 18 heavy (non-hydrogen) atoms. The number of hydrogen-bond acceptors (Lipinski definition) is 2. The highest BCUT2D eigenvalue weighted by Gasteiger charge is 2.18. The third-order valence-corrected chi connectivity index (χ3v) is 3.55. The molecule has 0 unspecified atom stereocenters. The summed E-state index contributed by atoms with van der Waals surface area (Å²) in [6.45, 7) is 7.80. The summed E-state index contributed by atoms with van der Waals surface area (Å²) in [7, 11) is 0. The van der Waals surface area contributed by atoms with Crippen LogP contribution < -0.4 is 5.32 Å². The number of benzene rings is 1. The first kappa shape index (κ1) is 13.6. The monoisotopic (exact) mass is 264 g/mol. The highest BCUT2D eigenvalue weighted by molar-refractivity contribution is 6.29. The lowest BCUT2D eigenvalue weighted by molar-refractivity contribution is 0.192. The van der Waals surface area contributed by atoms with E-state index in [9.17, 15) is 0 Å². The Morgan fingerprint density at radius 3 is 2.56 bits per heavy atom. The molecule has 1 saturated heterocycles. The zero-order valence-corrected chi connectivity index (χ0v) is 11.5. The molecule has 1 aliphatic heterocycles. The van der Waals surface area contributed by atoms with Crippen molar-refractivity contribution in [2.45, 2.75) is 25.4 Å². The van der Waals surface area contributed by atoms with E-state index >= 15 is 0 Å². The summed E-state index contributed by atoms with van der Waals surface area (Å²) in [4.78, 5) is 2.52. The minimum atomic E-state index is 0.590. The highest BCUT2D eigenvalue weighted by Crippen LogP contribution is 2.14. The third kappa shape index (κ3) is 4.45. The van der Waals surface area contributed by atoms with E-state index < -0.39 is 0 Å². The van der Waals surface area contributed by atoms with Crippen LogP contribution in [-0.2, 0) is 6.54 Å². The molecule has 2 nitrogen and oxygen atoms in total. The van der Waals surface area contributed by atoms with Crippen LogP contribution >= 0.6 is 11.6 Å². The second-order valence-corrected chi connectivity index (χ2v) is 5.47. The van der Waals surface area contributed by atoms with E-state index in [-0.39, 0.29) is 0 Å². The van der Waals surface area contributed by atoms with E-state index in [1.54, 1.807) is 0 Å². The van der Waals surface area contributed by atoms with Gasteiger partial charge in [-0.3, -0.25) is 4.90 Å². The van der Waals surface area contributed by atoms with Crippen molar-refractivity contribution in [2.24, 2.45) is 0 Å². The highest BCUT2D eigenvalue weighted by atomic mass is 35.5. The van der Waals surface area contributed by atoms with Gasteiger partial charge in [0.15, 0.2) is 0 Å². The molecule has 1 aromatic rings. The maximum atomic E-state index is 5.77. The van der Waals surface area contributed by atoms with Crippen LogP contribution in [0.1, 0.15) is 18.4 Å². The number of likely N-dealkylation sites (tertiary alicyclic amines) is 1. The normalized spacial score (nSPS) is 17.8. The largest absolute Gasteiger partial charge is 0.309 e. The minimum Gasteiger partial charge on any atom is -0.309 e. The molecule has 3 heteroatoms. The predicted octanol–water partition coefficient (Wildman–Crippen LogP) is 2.99. The first-order valence-electron chi connectivity index (χ1n) is 6.57. The molecule has 0 bridgehead atoms. The van der Waals surface area contributed by atoms with Crippen molar-refractivity contribution in [3.05, 3.63) is 47.5 Å². The zero-order chi connectivity index (χ0) is 12.8. The molecule has 0 atom stereocenters. The topological polar surface area (TPSA) is 15.3 Å². The van der Waals surface area contributed by atoms with Gasteiger partial charge in [-0.2, -0.15) is 0 Å². The Bertz CT molecular complexity index is 369. The first-order chi connectivity index (χ1) is 8.74. The van der Waals surface area contributed by atoms with Gasteiger partial charge in [0.25, 0.3) is 0 Å². The molecule has 98 valence electrons. The van der Waals surface area contributed by atoms with Gasteiger partial charge >= 0.3 is 0 Å². The van der Waals surface area contributed by atoms with Crippen LogP contribution in [0.2, 0.25) is 0 Å². The summed E-state index contributed by atoms with van der Waals surface area (Å²) in [5.41, 5.74) is 1.40. The standard InChI is InChI=1S/C15H21ClN2/c1-13(16)11-17-15-7-9-18(10-8-15)12-14-5-3-2-4-6-14/h2-6,15,17H,1,7-12H2. The summed E-state index contributed by atoms with van der Waals surface area (Å²) in [6, 6.07) is 11.3. The smallest absolute Gasteiger partial charge is 0.0310 e. The van der Waals surface area contributed by atoms with Crippen LogP contribution in [-0.4, -0.2) is 30.6 Å². The molecule has 1 heterocycles. The summed E-state index contributed by atoms with van der Waals surface area (Å²) >= 11 is 5.77. The molecular formula is C15H21ClN2. The average Bonchev–Trinajstić information content (AvgIpc) is 2.39. The number of halogens is 1. The van der Waals surface area contributed by atoms with Gasteiger partial charge in [0, 0.05) is 24.2 Å². The molecule has 0 amide bonds. The second kappa shape index (κ2) is 6.93. The van der Waals surface area contributed by atoms with Gasteiger partial charge in [-0.25, -0.2) is 0 Å². The lowest BCUT2D eigenvalue weighted by Crippen LogP contribution is -2.42. The van der Waals surface area contributed by atoms with Gasteiger partial charge in [-0.15, -0.1) is 0 Å². The molecular weight excluding hydrogens is 244 g/mol. The number of piperidine rings is 1. The van der Waals surface area contributed by atoms with Crippen LogP contribution in [0, 0.1) is 0 Å². The molecule has 0 spiro atoms. The zero-order valence-electron chi connectivity index (χ0n) is 10.7. The van der Waals surface area contributed by atoms with Crippen molar-refractivity contribution in [1.29, 1.82) is 0 Å². The lowest BCUT2D eigenvalue weighted by atomic mass is 10.0. The van der Waals surface area contributed by atoms with Crippen LogP contribution in [0.15, 0.2) is 41.9 Å². The van der Waals surface area contributed by atoms with Crippen molar-refractivity contribution in [3.63, 3.8) is 0 Å². The minimum absolute atomic E-state index is 0.590. The summed E-state index contributed by atoms with van der Waals surface area (Å²) in [5.74, 6) is 0. The Kier molecular flexibility index (Phi) is 5.24. The van der Waals surface area contributed by atoms with Crippen molar-refractivity contribution < 1.29 is 0 Å². The Morgan fingerprint density at radius 1 is 1.28 bits per heavy atom. The van der Waals surface area contributed by atoms with Crippen molar-refractivity contribution >= 4 is 11.6 Å². The summed E-state index contributed by atoms with van der Waals surface area (Å²) in [6.07, 6.45) is 2.38. The molecule has 0 saturated carbocycles. The molecule has 1 N–H and O–H groups in total. The number of nitrogens with zero attached hydrogens (tertiary/aromatic N) is 1. The first-order valence-corrected chi connectivity index (χ1v) is 6.95. The van der Waals surface area contributed by atoms with E-state index in [0.717, 1.165) is 26.2 Å². The summed E-state index contributed by atoms with van der Waals surface area (Å²) < 4.78 is 0. The van der Waals surface area contributed by atoms with E-state index in [4.69, 9.17) is 11.6 Å². The van der Waals surface area contributed by atoms with Crippen molar-refractivity contribution in [2.75, 3.05) is 19.6 Å². The molecule has 2 rings (SSSR count). The average molecular weight is 265 g/mol. The Labute approximate surface area is 115 Å². The van der Waals surface area contributed by atoms with Crippen molar-refractivity contribution in [1.82, 2.24) is 10.2 Å². The van der Waals surface area contributed by atoms with Gasteiger partial charge in [0.05, 0.1) is 0 Å². The van der Waals surface area contributed by atoms with E-state index in [1.807, 2.05) is 0 Å². The molecule has 0 aromatic heterocycles. The Morgan fingerprint density at radius 2 is 1.94 bits per heavy atom. The number of rotatable bonds is 5. The Hall–Kier alpha value is -0.830. The number of hydrogen-bond donors (Lipinski definition) is 1. The van der Waals surface area contributed by atoms with Gasteiger partial charge in [-0.1, -0.05) is 48.5 Å². The fraction of sp³-hybridized carbons (Fsp3) is 0.467. The SMILES string of the molecule is C=C(Cl)CNC1CCN(Cc2ccccc2)CC1. The third-order valence-electron chi connectivity index (χ3n) is 3.42. The van der Waals surface area contributed by atoms with Crippen LogP contribution in [0.25, 0.3) is 0 Å². The van der Waals surface area contributed by atoms with E-state index in [2.05, 4.69) is 47.1 Å². The molecule has 0 radical (unpaired) electrons. The molecule has 1 fully saturated rings. The van der Waals surface area contributed by atoms with Crippen LogP contribution in [0.4, 0.5) is 0 Å². The maximum absolute atomic E-state index is 5.77. The lowest BCUT2D eigenvalue weighted by Gasteiger charge is -2.32. The van der Waals surface area contributed by atoms with Gasteiger partial charge in [-0.05, 0) is 31.5 Å². The fourth-order valence-corrected chi connectivity index (χ4v) is 2.47. The molecule has 1 aliphatic rings. The molecule has 1 aromatic carbocycles. The molecule has 0 aliphatic carbocycles.